The van der Waals surface area contributed by atoms with Crippen LogP contribution in [-0.2, 0) is 14.3 Å². The lowest BCUT2D eigenvalue weighted by molar-refractivity contribution is -0.215. The molecule has 3 heteroatoms. The van der Waals surface area contributed by atoms with Crippen molar-refractivity contribution in [3.05, 3.63) is 11.6 Å². The Labute approximate surface area is 83.1 Å². The zero-order chi connectivity index (χ0) is 9.92. The first kappa shape index (κ1) is 8.62. The molecule has 3 aliphatic carbocycles. The van der Waals surface area contributed by atoms with Crippen LogP contribution >= 0.6 is 0 Å². The summed E-state index contributed by atoms with van der Waals surface area (Å²) in [5.41, 5.74) is 1.20. The van der Waals surface area contributed by atoms with E-state index in [1.54, 1.807) is 7.11 Å². The van der Waals surface area contributed by atoms with Gasteiger partial charge in [-0.25, -0.2) is 0 Å². The predicted octanol–water partition coefficient (Wildman–Crippen LogP) is 1.14. The Morgan fingerprint density at radius 1 is 1.64 bits per heavy atom. The van der Waals surface area contributed by atoms with E-state index in [4.69, 9.17) is 9.47 Å². The van der Waals surface area contributed by atoms with E-state index in [0.717, 1.165) is 6.42 Å². The molecule has 1 saturated heterocycles. The zero-order valence-corrected chi connectivity index (χ0v) is 8.45. The van der Waals surface area contributed by atoms with Crippen LogP contribution in [0.4, 0.5) is 0 Å². The van der Waals surface area contributed by atoms with Gasteiger partial charge in [-0.3, -0.25) is 4.79 Å². The molecule has 0 aromatic carbocycles. The summed E-state index contributed by atoms with van der Waals surface area (Å²) in [4.78, 5) is 12.1. The topological polar surface area (TPSA) is 35.5 Å². The molecule has 0 radical (unpaired) electrons. The van der Waals surface area contributed by atoms with Gasteiger partial charge in [-0.15, -0.1) is 0 Å². The van der Waals surface area contributed by atoms with Crippen molar-refractivity contribution in [2.45, 2.75) is 19.1 Å². The highest BCUT2D eigenvalue weighted by Crippen LogP contribution is 2.53. The van der Waals surface area contributed by atoms with Gasteiger partial charge in [-0.2, -0.15) is 0 Å². The molecule has 0 unspecified atom stereocenters. The van der Waals surface area contributed by atoms with Crippen molar-refractivity contribution in [3.63, 3.8) is 0 Å². The minimum atomic E-state index is -0.924. The minimum Gasteiger partial charge on any atom is -0.347 e. The lowest BCUT2D eigenvalue weighted by Crippen LogP contribution is -2.55. The van der Waals surface area contributed by atoms with Crippen LogP contribution in [0.5, 0.6) is 0 Å². The highest BCUT2D eigenvalue weighted by molar-refractivity contribution is 5.93. The minimum absolute atomic E-state index is 0.0486. The van der Waals surface area contributed by atoms with Gasteiger partial charge in [0.15, 0.2) is 5.78 Å². The van der Waals surface area contributed by atoms with Crippen molar-refractivity contribution in [1.29, 1.82) is 0 Å². The smallest absolute Gasteiger partial charge is 0.236 e. The average Bonchev–Trinajstić information content (AvgIpc) is 2.48. The zero-order valence-electron chi connectivity index (χ0n) is 8.45. The number of ether oxygens (including phenoxy) is 2. The van der Waals surface area contributed by atoms with Crippen LogP contribution in [0.2, 0.25) is 0 Å². The maximum absolute atomic E-state index is 12.1. The van der Waals surface area contributed by atoms with Gasteiger partial charge >= 0.3 is 0 Å². The molecule has 0 aromatic rings. The molecule has 1 aliphatic heterocycles. The Kier molecular flexibility index (Phi) is 1.52. The van der Waals surface area contributed by atoms with Gasteiger partial charge < -0.3 is 9.47 Å². The van der Waals surface area contributed by atoms with Crippen LogP contribution in [0.25, 0.3) is 0 Å². The van der Waals surface area contributed by atoms with E-state index < -0.39 is 5.79 Å². The van der Waals surface area contributed by atoms with Crippen LogP contribution < -0.4 is 0 Å². The number of hydrogen-bond donors (Lipinski definition) is 0. The summed E-state index contributed by atoms with van der Waals surface area (Å²) >= 11 is 0. The van der Waals surface area contributed by atoms with Gasteiger partial charge in [0.1, 0.15) is 0 Å². The molecule has 4 aliphatic rings. The Morgan fingerprint density at radius 3 is 3.14 bits per heavy atom. The average molecular weight is 194 g/mol. The summed E-state index contributed by atoms with van der Waals surface area (Å²) in [7, 11) is 1.57. The third kappa shape index (κ3) is 0.743. The van der Waals surface area contributed by atoms with Gasteiger partial charge in [0, 0.05) is 18.9 Å². The highest BCUT2D eigenvalue weighted by atomic mass is 16.7. The van der Waals surface area contributed by atoms with Crippen LogP contribution in [0.1, 0.15) is 13.3 Å². The number of hydrogen-bond acceptors (Lipinski definition) is 3. The lowest BCUT2D eigenvalue weighted by Gasteiger charge is -2.43. The van der Waals surface area contributed by atoms with Crippen LogP contribution in [-0.4, -0.2) is 25.3 Å². The van der Waals surface area contributed by atoms with Crippen molar-refractivity contribution in [1.82, 2.24) is 0 Å². The molecule has 4 bridgehead atoms. The standard InChI is InChI=1S/C11H14O3/c1-6-3-9-7-4-8(6)10(12)11(9,13-2)14-5-7/h3,7-9H,4-5H2,1-2H3/t7-,8-,9-,11+/m0/s1. The van der Waals surface area contributed by atoms with Crippen LogP contribution in [0, 0.1) is 17.8 Å². The Morgan fingerprint density at radius 2 is 2.43 bits per heavy atom. The van der Waals surface area contributed by atoms with Crippen molar-refractivity contribution in [2.24, 2.45) is 17.8 Å². The molecule has 1 saturated carbocycles. The molecule has 76 valence electrons. The molecule has 3 nitrogen and oxygen atoms in total. The molecule has 1 heterocycles. The van der Waals surface area contributed by atoms with Gasteiger partial charge in [-0.1, -0.05) is 11.6 Å². The van der Waals surface area contributed by atoms with E-state index in [-0.39, 0.29) is 17.6 Å². The van der Waals surface area contributed by atoms with E-state index in [9.17, 15) is 4.79 Å². The normalized spacial score (nSPS) is 49.7. The fourth-order valence-electron chi connectivity index (χ4n) is 3.18. The number of rotatable bonds is 1. The van der Waals surface area contributed by atoms with Crippen molar-refractivity contribution in [3.8, 4) is 0 Å². The second-order valence-corrected chi connectivity index (χ2v) is 4.53. The van der Waals surface area contributed by atoms with Gasteiger partial charge in [0.05, 0.1) is 6.61 Å². The fourth-order valence-corrected chi connectivity index (χ4v) is 3.18. The summed E-state index contributed by atoms with van der Waals surface area (Å²) in [6.07, 6.45) is 3.13. The van der Waals surface area contributed by atoms with E-state index in [1.165, 1.54) is 5.57 Å². The third-order valence-electron chi connectivity index (χ3n) is 3.95. The number of methoxy groups -OCH3 is 1. The molecule has 4 rings (SSSR count). The first-order valence-electron chi connectivity index (χ1n) is 5.11. The first-order chi connectivity index (χ1) is 6.69. The quantitative estimate of drug-likeness (QED) is 0.587. The molecule has 0 spiro atoms. The summed E-state index contributed by atoms with van der Waals surface area (Å²) < 4.78 is 10.9. The Balaban J connectivity index is 2.15. The molecular formula is C11H14O3. The Hall–Kier alpha value is -0.670. The summed E-state index contributed by atoms with van der Waals surface area (Å²) in [6, 6.07) is 0. The lowest BCUT2D eigenvalue weighted by atomic mass is 9.64. The summed E-state index contributed by atoms with van der Waals surface area (Å²) in [5, 5.41) is 0. The fraction of sp³-hybridized carbons (Fsp3) is 0.727. The summed E-state index contributed by atoms with van der Waals surface area (Å²) in [6.45, 7) is 2.71. The third-order valence-corrected chi connectivity index (χ3v) is 3.95. The molecule has 14 heavy (non-hydrogen) atoms. The van der Waals surface area contributed by atoms with Crippen molar-refractivity contribution < 1.29 is 14.3 Å². The molecule has 0 N–H and O–H groups in total. The first-order valence-corrected chi connectivity index (χ1v) is 5.11. The van der Waals surface area contributed by atoms with Crippen LogP contribution in [0.3, 0.4) is 0 Å². The maximum Gasteiger partial charge on any atom is 0.236 e. The second-order valence-electron chi connectivity index (χ2n) is 4.53. The maximum atomic E-state index is 12.1. The summed E-state index contributed by atoms with van der Waals surface area (Å²) in [5.74, 6) is -0.0925. The van der Waals surface area contributed by atoms with Crippen LogP contribution in [0.15, 0.2) is 11.6 Å². The predicted molar refractivity (Wildman–Crippen MR) is 49.5 cm³/mol. The highest BCUT2D eigenvalue weighted by Gasteiger charge is 2.63. The van der Waals surface area contributed by atoms with Crippen molar-refractivity contribution in [2.75, 3.05) is 13.7 Å². The van der Waals surface area contributed by atoms with E-state index in [0.29, 0.717) is 12.5 Å². The number of carbonyl (C=O) groups is 1. The second kappa shape index (κ2) is 2.47. The monoisotopic (exact) mass is 194 g/mol. The molecule has 0 amide bonds. The molecular weight excluding hydrogens is 180 g/mol. The van der Waals surface area contributed by atoms with E-state index in [2.05, 4.69) is 6.08 Å². The number of carbonyl (C=O) groups excluding carboxylic acids is 1. The molecule has 0 aromatic heterocycles. The number of ketones is 1. The molecule has 4 atom stereocenters. The van der Waals surface area contributed by atoms with Gasteiger partial charge in [0.25, 0.3) is 0 Å². The van der Waals surface area contributed by atoms with E-state index in [1.807, 2.05) is 6.92 Å². The Bertz CT molecular complexity index is 333. The largest absolute Gasteiger partial charge is 0.347 e. The number of allylic oxidation sites excluding steroid dienone is 1. The van der Waals surface area contributed by atoms with Gasteiger partial charge in [0.2, 0.25) is 5.79 Å². The molecule has 2 fully saturated rings. The van der Waals surface area contributed by atoms with E-state index >= 15 is 0 Å². The SMILES string of the molecule is CO[C@]12OC[C@@H]3C[C@H](C1=O)C(C)=C[C@@H]32. The number of Topliss-reactive ketones (excluding diaryl/α,β-unsaturated/α-hetero) is 1. The van der Waals surface area contributed by atoms with Gasteiger partial charge in [-0.05, 0) is 19.3 Å². The van der Waals surface area contributed by atoms with Crippen molar-refractivity contribution >= 4 is 5.78 Å².